The van der Waals surface area contributed by atoms with Crippen molar-refractivity contribution in [2.24, 2.45) is 5.41 Å². The van der Waals surface area contributed by atoms with Crippen LogP contribution in [0.25, 0.3) is 0 Å². The van der Waals surface area contributed by atoms with Gasteiger partial charge in [-0.15, -0.1) is 0 Å². The third-order valence-electron chi connectivity index (χ3n) is 4.00. The summed E-state index contributed by atoms with van der Waals surface area (Å²) in [5.41, 5.74) is 1.35. The molecule has 0 amide bonds. The van der Waals surface area contributed by atoms with E-state index in [0.717, 1.165) is 18.6 Å². The molecule has 0 saturated heterocycles. The number of rotatable bonds is 2. The summed E-state index contributed by atoms with van der Waals surface area (Å²) in [6.45, 7) is 4.50. The highest BCUT2D eigenvalue weighted by atomic mass is 16.5. The monoisotopic (exact) mass is 234 g/mol. The van der Waals surface area contributed by atoms with Gasteiger partial charge < -0.3 is 9.84 Å². The summed E-state index contributed by atoms with van der Waals surface area (Å²) in [5, 5.41) is 10.3. The lowest BCUT2D eigenvalue weighted by Crippen LogP contribution is -2.36. The molecule has 2 heteroatoms. The van der Waals surface area contributed by atoms with E-state index in [4.69, 9.17) is 4.74 Å². The van der Waals surface area contributed by atoms with Crippen molar-refractivity contribution in [2.45, 2.75) is 45.1 Å². The Kier molecular flexibility index (Phi) is 3.43. The third-order valence-corrected chi connectivity index (χ3v) is 4.00. The van der Waals surface area contributed by atoms with Crippen molar-refractivity contribution in [1.82, 2.24) is 0 Å². The van der Waals surface area contributed by atoms with E-state index in [1.807, 2.05) is 12.1 Å². The smallest absolute Gasteiger partial charge is 0.119 e. The van der Waals surface area contributed by atoms with E-state index in [2.05, 4.69) is 26.0 Å². The second kappa shape index (κ2) is 4.69. The summed E-state index contributed by atoms with van der Waals surface area (Å²) in [4.78, 5) is 0. The molecule has 1 fully saturated rings. The van der Waals surface area contributed by atoms with Gasteiger partial charge in [-0.1, -0.05) is 32.4 Å². The van der Waals surface area contributed by atoms with Crippen LogP contribution in [0.3, 0.4) is 0 Å². The zero-order valence-electron chi connectivity index (χ0n) is 10.9. The molecule has 94 valence electrons. The van der Waals surface area contributed by atoms with Crippen molar-refractivity contribution in [3.05, 3.63) is 29.8 Å². The predicted octanol–water partition coefficient (Wildman–Crippen LogP) is 3.35. The number of benzene rings is 1. The Morgan fingerprint density at radius 1 is 1.35 bits per heavy atom. The molecule has 1 aromatic carbocycles. The fourth-order valence-electron chi connectivity index (χ4n) is 3.12. The van der Waals surface area contributed by atoms with Gasteiger partial charge in [-0.25, -0.2) is 0 Å². The van der Waals surface area contributed by atoms with Crippen LogP contribution in [0.4, 0.5) is 0 Å². The van der Waals surface area contributed by atoms with Crippen molar-refractivity contribution in [1.29, 1.82) is 0 Å². The maximum absolute atomic E-state index is 10.3. The first-order chi connectivity index (χ1) is 8.04. The van der Waals surface area contributed by atoms with Crippen molar-refractivity contribution >= 4 is 0 Å². The average Bonchev–Trinajstić information content (AvgIpc) is 2.28. The average molecular weight is 234 g/mol. The Hall–Kier alpha value is -1.02. The molecule has 0 spiro atoms. The predicted molar refractivity (Wildman–Crippen MR) is 69.4 cm³/mol. The molecule has 2 atom stereocenters. The van der Waals surface area contributed by atoms with Crippen molar-refractivity contribution in [3.8, 4) is 5.75 Å². The second-order valence-corrected chi connectivity index (χ2v) is 5.70. The minimum atomic E-state index is -0.231. The van der Waals surface area contributed by atoms with E-state index < -0.39 is 0 Å². The molecule has 0 unspecified atom stereocenters. The van der Waals surface area contributed by atoms with Crippen LogP contribution in [0, 0.1) is 5.41 Å². The lowest BCUT2D eigenvalue weighted by Gasteiger charge is -2.42. The molecule has 1 aliphatic carbocycles. The van der Waals surface area contributed by atoms with E-state index in [1.165, 1.54) is 12.0 Å². The van der Waals surface area contributed by atoms with E-state index >= 15 is 0 Å². The summed E-state index contributed by atoms with van der Waals surface area (Å²) in [6.07, 6.45) is 2.97. The van der Waals surface area contributed by atoms with Gasteiger partial charge in [0, 0.05) is 5.92 Å². The highest BCUT2D eigenvalue weighted by molar-refractivity contribution is 5.33. The molecule has 2 rings (SSSR count). The Balaban J connectivity index is 2.35. The summed E-state index contributed by atoms with van der Waals surface area (Å²) in [5.74, 6) is 1.09. The highest BCUT2D eigenvalue weighted by Gasteiger charge is 2.39. The van der Waals surface area contributed by atoms with E-state index in [1.54, 1.807) is 7.11 Å². The number of aliphatic hydroxyl groups excluding tert-OH is 1. The summed E-state index contributed by atoms with van der Waals surface area (Å²) < 4.78 is 5.27. The summed E-state index contributed by atoms with van der Waals surface area (Å²) in [7, 11) is 1.68. The molecule has 0 aromatic heterocycles. The van der Waals surface area contributed by atoms with Crippen LogP contribution in [0.15, 0.2) is 24.3 Å². The zero-order chi connectivity index (χ0) is 12.5. The molecule has 1 N–H and O–H groups in total. The van der Waals surface area contributed by atoms with Gasteiger partial charge in [-0.3, -0.25) is 0 Å². The minimum Gasteiger partial charge on any atom is -0.497 e. The molecule has 0 heterocycles. The van der Waals surface area contributed by atoms with Gasteiger partial charge in [-0.2, -0.15) is 0 Å². The van der Waals surface area contributed by atoms with E-state index in [-0.39, 0.29) is 17.4 Å². The Labute approximate surface area is 104 Å². The summed E-state index contributed by atoms with van der Waals surface area (Å²) >= 11 is 0. The molecule has 0 bridgehead atoms. The minimum absolute atomic E-state index is 0.157. The van der Waals surface area contributed by atoms with Crippen molar-refractivity contribution < 1.29 is 9.84 Å². The lowest BCUT2D eigenvalue weighted by molar-refractivity contribution is 0.0354. The molecular weight excluding hydrogens is 212 g/mol. The number of methoxy groups -OCH3 is 1. The Bertz CT molecular complexity index is 384. The standard InChI is InChI=1S/C15H22O2/c1-15(2)9-5-8-13(16)14(15)11-6-4-7-12(10-11)17-3/h4,6-7,10,13-14,16H,5,8-9H2,1-3H3/t13-,14+/m1/s1. The van der Waals surface area contributed by atoms with E-state index in [0.29, 0.717) is 0 Å². The molecule has 0 radical (unpaired) electrons. The van der Waals surface area contributed by atoms with Gasteiger partial charge >= 0.3 is 0 Å². The molecule has 0 aliphatic heterocycles. The SMILES string of the molecule is COc1cccc([C@H]2[C@H](O)CCCC2(C)C)c1. The van der Waals surface area contributed by atoms with Crippen LogP contribution < -0.4 is 4.74 Å². The number of hydrogen-bond donors (Lipinski definition) is 1. The van der Waals surface area contributed by atoms with Crippen LogP contribution in [-0.2, 0) is 0 Å². The zero-order valence-corrected chi connectivity index (χ0v) is 10.9. The Morgan fingerprint density at radius 2 is 2.12 bits per heavy atom. The molecular formula is C15H22O2. The summed E-state index contributed by atoms with van der Waals surface area (Å²) in [6, 6.07) is 8.11. The van der Waals surface area contributed by atoms with Gasteiger partial charge in [0.2, 0.25) is 0 Å². The quantitative estimate of drug-likeness (QED) is 0.850. The number of aliphatic hydroxyl groups is 1. The van der Waals surface area contributed by atoms with Gasteiger partial charge in [0.25, 0.3) is 0 Å². The van der Waals surface area contributed by atoms with Crippen molar-refractivity contribution in [2.75, 3.05) is 7.11 Å². The molecule has 1 saturated carbocycles. The Morgan fingerprint density at radius 3 is 2.76 bits per heavy atom. The van der Waals surface area contributed by atoms with Gasteiger partial charge in [0.1, 0.15) is 5.75 Å². The van der Waals surface area contributed by atoms with Crippen LogP contribution in [0.2, 0.25) is 0 Å². The van der Waals surface area contributed by atoms with Crippen LogP contribution >= 0.6 is 0 Å². The van der Waals surface area contributed by atoms with Crippen LogP contribution in [-0.4, -0.2) is 18.3 Å². The van der Waals surface area contributed by atoms with Crippen LogP contribution in [0.5, 0.6) is 5.75 Å². The number of ether oxygens (including phenoxy) is 1. The third kappa shape index (κ3) is 2.47. The first-order valence-corrected chi connectivity index (χ1v) is 6.36. The first kappa shape index (κ1) is 12.4. The second-order valence-electron chi connectivity index (χ2n) is 5.70. The molecule has 2 nitrogen and oxygen atoms in total. The fraction of sp³-hybridized carbons (Fsp3) is 0.600. The fourth-order valence-corrected chi connectivity index (χ4v) is 3.12. The lowest BCUT2D eigenvalue weighted by atomic mass is 9.65. The molecule has 1 aliphatic rings. The topological polar surface area (TPSA) is 29.5 Å². The normalized spacial score (nSPS) is 27.8. The van der Waals surface area contributed by atoms with Gasteiger partial charge in [0.05, 0.1) is 13.2 Å². The number of hydrogen-bond acceptors (Lipinski definition) is 2. The maximum atomic E-state index is 10.3. The van der Waals surface area contributed by atoms with Gasteiger partial charge in [0.15, 0.2) is 0 Å². The maximum Gasteiger partial charge on any atom is 0.119 e. The first-order valence-electron chi connectivity index (χ1n) is 6.36. The van der Waals surface area contributed by atoms with Crippen LogP contribution in [0.1, 0.15) is 44.6 Å². The van der Waals surface area contributed by atoms with Crippen molar-refractivity contribution in [3.63, 3.8) is 0 Å². The van der Waals surface area contributed by atoms with E-state index in [9.17, 15) is 5.11 Å². The van der Waals surface area contributed by atoms with Gasteiger partial charge in [-0.05, 0) is 36.0 Å². The molecule has 1 aromatic rings. The largest absolute Gasteiger partial charge is 0.497 e. The molecule has 17 heavy (non-hydrogen) atoms. The highest BCUT2D eigenvalue weighted by Crippen LogP contribution is 2.47.